The van der Waals surface area contributed by atoms with Crippen LogP contribution in [0.25, 0.3) is 0 Å². The van der Waals surface area contributed by atoms with Gasteiger partial charge < -0.3 is 0 Å². The third-order valence-electron chi connectivity index (χ3n) is 1.98. The van der Waals surface area contributed by atoms with Gasteiger partial charge in [0.1, 0.15) is 5.84 Å². The van der Waals surface area contributed by atoms with Gasteiger partial charge in [0.25, 0.3) is 0 Å². The molecule has 0 aromatic heterocycles. The van der Waals surface area contributed by atoms with Crippen molar-refractivity contribution in [1.82, 2.24) is 5.06 Å². The van der Waals surface area contributed by atoms with Crippen LogP contribution in [0.4, 0.5) is 0 Å². The number of benzene rings is 1. The molecule has 0 fully saturated rings. The van der Waals surface area contributed by atoms with E-state index in [4.69, 9.17) is 5.41 Å². The standard InChI is InChI=1S/C11H16N2O/c1-9(2)13(14)11(12)8-10-6-4-3-5-7-10/h3-7,9,12,14H,8H2,1-2H3. The van der Waals surface area contributed by atoms with Crippen molar-refractivity contribution >= 4 is 5.84 Å². The summed E-state index contributed by atoms with van der Waals surface area (Å²) in [5, 5.41) is 18.1. The lowest BCUT2D eigenvalue weighted by molar-refractivity contribution is -0.0446. The van der Waals surface area contributed by atoms with Crippen molar-refractivity contribution in [3.8, 4) is 0 Å². The molecule has 0 aliphatic heterocycles. The summed E-state index contributed by atoms with van der Waals surface area (Å²) in [4.78, 5) is 0. The predicted octanol–water partition coefficient (Wildman–Crippen LogP) is 2.31. The fourth-order valence-electron chi connectivity index (χ4n) is 1.18. The summed E-state index contributed by atoms with van der Waals surface area (Å²) >= 11 is 0. The van der Waals surface area contributed by atoms with Crippen LogP contribution >= 0.6 is 0 Å². The van der Waals surface area contributed by atoms with Crippen molar-refractivity contribution < 1.29 is 5.21 Å². The highest BCUT2D eigenvalue weighted by Gasteiger charge is 2.10. The molecule has 3 heteroatoms. The number of hydrogen-bond donors (Lipinski definition) is 2. The van der Waals surface area contributed by atoms with E-state index >= 15 is 0 Å². The molecule has 0 saturated heterocycles. The molecule has 76 valence electrons. The highest BCUT2D eigenvalue weighted by Crippen LogP contribution is 2.03. The molecular formula is C11H16N2O. The zero-order valence-corrected chi connectivity index (χ0v) is 8.57. The van der Waals surface area contributed by atoms with Crippen LogP contribution in [0.2, 0.25) is 0 Å². The normalized spacial score (nSPS) is 10.3. The first-order chi connectivity index (χ1) is 6.61. The second-order valence-electron chi connectivity index (χ2n) is 3.55. The Balaban J connectivity index is 2.58. The van der Waals surface area contributed by atoms with Crippen molar-refractivity contribution in [2.45, 2.75) is 26.3 Å². The number of hydroxylamine groups is 2. The van der Waals surface area contributed by atoms with E-state index in [9.17, 15) is 5.21 Å². The summed E-state index contributed by atoms with van der Waals surface area (Å²) in [6, 6.07) is 9.64. The maximum atomic E-state index is 9.47. The van der Waals surface area contributed by atoms with Gasteiger partial charge in [0, 0.05) is 6.42 Å². The van der Waals surface area contributed by atoms with Gasteiger partial charge in [-0.3, -0.25) is 10.6 Å². The van der Waals surface area contributed by atoms with Crippen LogP contribution < -0.4 is 0 Å². The number of rotatable bonds is 3. The van der Waals surface area contributed by atoms with Crippen molar-refractivity contribution in [3.63, 3.8) is 0 Å². The molecule has 14 heavy (non-hydrogen) atoms. The summed E-state index contributed by atoms with van der Waals surface area (Å²) < 4.78 is 0. The van der Waals surface area contributed by atoms with E-state index in [1.807, 2.05) is 44.2 Å². The fraction of sp³-hybridized carbons (Fsp3) is 0.364. The minimum atomic E-state index is -0.0498. The minimum absolute atomic E-state index is 0.0498. The van der Waals surface area contributed by atoms with Crippen LogP contribution in [-0.4, -0.2) is 22.1 Å². The highest BCUT2D eigenvalue weighted by molar-refractivity contribution is 5.80. The molecule has 2 N–H and O–H groups in total. The number of hydrogen-bond acceptors (Lipinski definition) is 2. The molecular weight excluding hydrogens is 176 g/mol. The van der Waals surface area contributed by atoms with Crippen LogP contribution in [0.1, 0.15) is 19.4 Å². The molecule has 3 nitrogen and oxygen atoms in total. The lowest BCUT2D eigenvalue weighted by Gasteiger charge is -2.21. The first-order valence-corrected chi connectivity index (χ1v) is 4.70. The second kappa shape index (κ2) is 4.77. The zero-order valence-electron chi connectivity index (χ0n) is 8.57. The van der Waals surface area contributed by atoms with Crippen LogP contribution in [0.5, 0.6) is 0 Å². The molecule has 0 amide bonds. The van der Waals surface area contributed by atoms with E-state index in [-0.39, 0.29) is 11.9 Å². The molecule has 0 aliphatic rings. The highest BCUT2D eigenvalue weighted by atomic mass is 16.5. The van der Waals surface area contributed by atoms with Gasteiger partial charge in [-0.2, -0.15) is 0 Å². The molecule has 0 radical (unpaired) electrons. The fourth-order valence-corrected chi connectivity index (χ4v) is 1.18. The Morgan fingerprint density at radius 3 is 2.43 bits per heavy atom. The Kier molecular flexibility index (Phi) is 3.65. The van der Waals surface area contributed by atoms with Crippen LogP contribution in [-0.2, 0) is 6.42 Å². The zero-order chi connectivity index (χ0) is 10.6. The lowest BCUT2D eigenvalue weighted by Crippen LogP contribution is -2.34. The molecule has 0 unspecified atom stereocenters. The van der Waals surface area contributed by atoms with Crippen LogP contribution in [0.3, 0.4) is 0 Å². The molecule has 1 aromatic carbocycles. The van der Waals surface area contributed by atoms with E-state index in [0.717, 1.165) is 10.6 Å². The summed E-state index contributed by atoms with van der Waals surface area (Å²) in [6.45, 7) is 3.69. The monoisotopic (exact) mass is 192 g/mol. The summed E-state index contributed by atoms with van der Waals surface area (Å²) in [5.74, 6) is 0.228. The maximum Gasteiger partial charge on any atom is 0.125 e. The Morgan fingerprint density at radius 2 is 1.93 bits per heavy atom. The number of nitrogens with zero attached hydrogens (tertiary/aromatic N) is 1. The first kappa shape index (κ1) is 10.7. The molecule has 1 aromatic rings. The lowest BCUT2D eigenvalue weighted by atomic mass is 10.1. The van der Waals surface area contributed by atoms with Gasteiger partial charge in [-0.25, -0.2) is 5.06 Å². The van der Waals surface area contributed by atoms with E-state index < -0.39 is 0 Å². The Morgan fingerprint density at radius 1 is 1.36 bits per heavy atom. The smallest absolute Gasteiger partial charge is 0.125 e. The third-order valence-corrected chi connectivity index (χ3v) is 1.98. The average Bonchev–Trinajstić information content (AvgIpc) is 2.18. The minimum Gasteiger partial charge on any atom is -0.287 e. The molecule has 0 bridgehead atoms. The van der Waals surface area contributed by atoms with Crippen LogP contribution in [0.15, 0.2) is 30.3 Å². The third kappa shape index (κ3) is 2.85. The largest absolute Gasteiger partial charge is 0.287 e. The molecule has 0 aliphatic carbocycles. The van der Waals surface area contributed by atoms with Crippen molar-refractivity contribution in [3.05, 3.63) is 35.9 Å². The molecule has 0 heterocycles. The van der Waals surface area contributed by atoms with E-state index in [2.05, 4.69) is 0 Å². The Bertz CT molecular complexity index is 295. The van der Waals surface area contributed by atoms with Gasteiger partial charge in [0.2, 0.25) is 0 Å². The summed E-state index contributed by atoms with van der Waals surface area (Å²) in [7, 11) is 0. The Labute approximate surface area is 84.4 Å². The summed E-state index contributed by atoms with van der Waals surface area (Å²) in [5.41, 5.74) is 1.04. The quantitative estimate of drug-likeness (QED) is 0.438. The molecule has 0 atom stereocenters. The van der Waals surface area contributed by atoms with Gasteiger partial charge in [-0.1, -0.05) is 30.3 Å². The molecule has 1 rings (SSSR count). The van der Waals surface area contributed by atoms with Gasteiger partial charge in [0.05, 0.1) is 6.04 Å². The van der Waals surface area contributed by atoms with E-state index in [0.29, 0.717) is 6.42 Å². The Hall–Kier alpha value is -1.35. The predicted molar refractivity (Wildman–Crippen MR) is 56.6 cm³/mol. The number of amidine groups is 1. The maximum absolute atomic E-state index is 9.47. The average molecular weight is 192 g/mol. The van der Waals surface area contributed by atoms with Crippen molar-refractivity contribution in [1.29, 1.82) is 5.41 Å². The summed E-state index contributed by atoms with van der Waals surface area (Å²) in [6.07, 6.45) is 0.468. The van der Waals surface area contributed by atoms with Crippen LogP contribution in [0, 0.1) is 5.41 Å². The molecule has 0 saturated carbocycles. The number of nitrogens with one attached hydrogen (secondary N) is 1. The SMILES string of the molecule is CC(C)N(O)C(=N)Cc1ccccc1. The van der Waals surface area contributed by atoms with E-state index in [1.54, 1.807) is 0 Å². The van der Waals surface area contributed by atoms with E-state index in [1.165, 1.54) is 0 Å². The van der Waals surface area contributed by atoms with Gasteiger partial charge in [0.15, 0.2) is 0 Å². The first-order valence-electron chi connectivity index (χ1n) is 4.70. The van der Waals surface area contributed by atoms with Crippen molar-refractivity contribution in [2.24, 2.45) is 0 Å². The second-order valence-corrected chi connectivity index (χ2v) is 3.55. The molecule has 0 spiro atoms. The van der Waals surface area contributed by atoms with Crippen molar-refractivity contribution in [2.75, 3.05) is 0 Å². The van der Waals surface area contributed by atoms with Gasteiger partial charge in [-0.15, -0.1) is 0 Å². The topological polar surface area (TPSA) is 47.3 Å². The van der Waals surface area contributed by atoms with Gasteiger partial charge in [-0.05, 0) is 19.4 Å². The van der Waals surface area contributed by atoms with Gasteiger partial charge >= 0.3 is 0 Å².